The first-order chi connectivity index (χ1) is 18.8. The molecule has 0 saturated carbocycles. The van der Waals surface area contributed by atoms with E-state index in [9.17, 15) is 0 Å². The molecule has 0 unspecified atom stereocenters. The van der Waals surface area contributed by atoms with Crippen LogP contribution in [0.5, 0.6) is 0 Å². The van der Waals surface area contributed by atoms with Crippen LogP contribution < -0.4 is 0 Å². The summed E-state index contributed by atoms with van der Waals surface area (Å²) < 4.78 is 8.45. The zero-order chi connectivity index (χ0) is 25.1. The largest absolute Gasteiger partial charge is 0.456 e. The molecule has 0 amide bonds. The third-order valence-corrected chi connectivity index (χ3v) is 7.39. The monoisotopic (exact) mass is 486 g/mol. The van der Waals surface area contributed by atoms with Crippen molar-refractivity contribution in [1.29, 1.82) is 0 Å². The van der Waals surface area contributed by atoms with Crippen molar-refractivity contribution in [3.63, 3.8) is 0 Å². The first kappa shape index (κ1) is 21.0. The molecule has 0 aliphatic rings. The van der Waals surface area contributed by atoms with E-state index < -0.39 is 0 Å². The molecule has 0 spiro atoms. The SMILES string of the molecule is c1ccc(-c2nc3ccccc3n2-c2ccc(-c3ccc4oc5cc6ccccc6cc5c4c3)cc2)cc1. The number of para-hydroxylation sites is 2. The Bertz CT molecular complexity index is 2120. The highest BCUT2D eigenvalue weighted by Crippen LogP contribution is 2.35. The first-order valence-electron chi connectivity index (χ1n) is 12.8. The van der Waals surface area contributed by atoms with E-state index in [2.05, 4.69) is 126 Å². The third-order valence-electron chi connectivity index (χ3n) is 7.39. The molecule has 0 aliphatic heterocycles. The van der Waals surface area contributed by atoms with E-state index in [1.165, 1.54) is 16.3 Å². The molecular weight excluding hydrogens is 464 g/mol. The Morgan fingerprint density at radius 2 is 1.18 bits per heavy atom. The van der Waals surface area contributed by atoms with Crippen LogP contribution in [0, 0.1) is 0 Å². The Labute approximate surface area is 219 Å². The number of furan rings is 1. The van der Waals surface area contributed by atoms with Crippen LogP contribution in [0.1, 0.15) is 0 Å². The highest BCUT2D eigenvalue weighted by atomic mass is 16.3. The van der Waals surface area contributed by atoms with Crippen LogP contribution in [0.2, 0.25) is 0 Å². The molecule has 0 bridgehead atoms. The number of nitrogens with zero attached hydrogens (tertiary/aromatic N) is 2. The molecule has 0 saturated heterocycles. The number of rotatable bonds is 3. The molecule has 0 fully saturated rings. The van der Waals surface area contributed by atoms with Crippen LogP contribution in [0.25, 0.3) is 71.9 Å². The highest BCUT2D eigenvalue weighted by Gasteiger charge is 2.15. The lowest BCUT2D eigenvalue weighted by atomic mass is 10.0. The van der Waals surface area contributed by atoms with Gasteiger partial charge in [-0.3, -0.25) is 4.57 Å². The van der Waals surface area contributed by atoms with Crippen molar-refractivity contribution in [2.45, 2.75) is 0 Å². The Morgan fingerprint density at radius 1 is 0.500 bits per heavy atom. The van der Waals surface area contributed by atoms with Gasteiger partial charge in [0.2, 0.25) is 0 Å². The molecule has 38 heavy (non-hydrogen) atoms. The molecule has 6 aromatic carbocycles. The molecule has 8 aromatic rings. The van der Waals surface area contributed by atoms with Gasteiger partial charge in [0.05, 0.1) is 11.0 Å². The minimum absolute atomic E-state index is 0.910. The fourth-order valence-corrected chi connectivity index (χ4v) is 5.51. The average molecular weight is 487 g/mol. The zero-order valence-electron chi connectivity index (χ0n) is 20.5. The standard InChI is InChI=1S/C35H22N2O/c1-2-8-24(9-3-1)35-36-31-12-6-7-13-32(31)37(35)28-17-14-23(15-18-28)27-16-19-33-29(21-27)30-20-25-10-4-5-11-26(25)22-34(30)38-33/h1-22H. The van der Waals surface area contributed by atoms with E-state index in [1.54, 1.807) is 0 Å². The lowest BCUT2D eigenvalue weighted by Crippen LogP contribution is -1.97. The third kappa shape index (κ3) is 3.26. The molecule has 2 heterocycles. The smallest absolute Gasteiger partial charge is 0.145 e. The summed E-state index contributed by atoms with van der Waals surface area (Å²) in [5.74, 6) is 0.943. The Morgan fingerprint density at radius 3 is 2.03 bits per heavy atom. The molecule has 0 atom stereocenters. The van der Waals surface area contributed by atoms with Crippen LogP contribution >= 0.6 is 0 Å². The summed E-state index contributed by atoms with van der Waals surface area (Å²) in [5.41, 5.74) is 8.42. The van der Waals surface area contributed by atoms with Gasteiger partial charge < -0.3 is 4.42 Å². The Balaban J connectivity index is 1.25. The fraction of sp³-hybridized carbons (Fsp3) is 0. The second kappa shape index (κ2) is 8.19. The maximum absolute atomic E-state index is 6.21. The summed E-state index contributed by atoms with van der Waals surface area (Å²) in [6, 6.07) is 46.7. The number of benzene rings is 6. The van der Waals surface area contributed by atoms with Crippen molar-refractivity contribution >= 4 is 43.7 Å². The molecule has 0 N–H and O–H groups in total. The van der Waals surface area contributed by atoms with Gasteiger partial charge in [-0.25, -0.2) is 4.98 Å². The normalized spacial score (nSPS) is 11.7. The fourth-order valence-electron chi connectivity index (χ4n) is 5.51. The van der Waals surface area contributed by atoms with Crippen LogP contribution in [-0.2, 0) is 0 Å². The number of hydrogen-bond acceptors (Lipinski definition) is 2. The lowest BCUT2D eigenvalue weighted by Gasteiger charge is -2.11. The Kier molecular flexibility index (Phi) is 4.52. The summed E-state index contributed by atoms with van der Waals surface area (Å²) in [7, 11) is 0. The van der Waals surface area contributed by atoms with E-state index >= 15 is 0 Å². The van der Waals surface area contributed by atoms with Gasteiger partial charge in [0.25, 0.3) is 0 Å². The first-order valence-corrected chi connectivity index (χ1v) is 12.8. The quantitative estimate of drug-likeness (QED) is 0.249. The van der Waals surface area contributed by atoms with Gasteiger partial charge in [0, 0.05) is 22.0 Å². The Hall–Kier alpha value is -5.15. The van der Waals surface area contributed by atoms with Crippen LogP contribution in [0.4, 0.5) is 0 Å². The van der Waals surface area contributed by atoms with E-state index in [0.29, 0.717) is 0 Å². The molecule has 2 aromatic heterocycles. The van der Waals surface area contributed by atoms with E-state index in [-0.39, 0.29) is 0 Å². The summed E-state index contributed by atoms with van der Waals surface area (Å²) in [4.78, 5) is 4.97. The second-order valence-electron chi connectivity index (χ2n) is 9.68. The van der Waals surface area contributed by atoms with E-state index in [1.807, 2.05) is 12.1 Å². The zero-order valence-corrected chi connectivity index (χ0v) is 20.5. The number of imidazole rings is 1. The molecule has 0 aliphatic carbocycles. The predicted octanol–water partition coefficient (Wildman–Crippen LogP) is 9.41. The van der Waals surface area contributed by atoms with Crippen LogP contribution in [0.3, 0.4) is 0 Å². The van der Waals surface area contributed by atoms with Gasteiger partial charge in [0.15, 0.2) is 0 Å². The summed E-state index contributed by atoms with van der Waals surface area (Å²) >= 11 is 0. The van der Waals surface area contributed by atoms with Gasteiger partial charge in [0.1, 0.15) is 17.0 Å². The van der Waals surface area contributed by atoms with Crippen LogP contribution in [-0.4, -0.2) is 9.55 Å². The topological polar surface area (TPSA) is 31.0 Å². The minimum atomic E-state index is 0.910. The summed E-state index contributed by atoms with van der Waals surface area (Å²) in [6.45, 7) is 0. The maximum atomic E-state index is 6.21. The van der Waals surface area contributed by atoms with E-state index in [4.69, 9.17) is 9.40 Å². The number of hydrogen-bond donors (Lipinski definition) is 0. The number of fused-ring (bicyclic) bond motifs is 5. The minimum Gasteiger partial charge on any atom is -0.456 e. The van der Waals surface area contributed by atoms with Crippen LogP contribution in [0.15, 0.2) is 138 Å². The summed E-state index contributed by atoms with van der Waals surface area (Å²) in [6.07, 6.45) is 0. The van der Waals surface area contributed by atoms with Crippen molar-refractivity contribution in [2.75, 3.05) is 0 Å². The maximum Gasteiger partial charge on any atom is 0.145 e. The molecule has 3 heteroatoms. The molecule has 8 rings (SSSR count). The second-order valence-corrected chi connectivity index (χ2v) is 9.68. The summed E-state index contributed by atoms with van der Waals surface area (Å²) in [5, 5.41) is 4.70. The number of aromatic nitrogens is 2. The van der Waals surface area contributed by atoms with Gasteiger partial charge in [-0.1, -0.05) is 84.9 Å². The van der Waals surface area contributed by atoms with Gasteiger partial charge >= 0.3 is 0 Å². The predicted molar refractivity (Wildman–Crippen MR) is 157 cm³/mol. The molecular formula is C35H22N2O. The van der Waals surface area contributed by atoms with E-state index in [0.717, 1.165) is 55.6 Å². The van der Waals surface area contributed by atoms with Crippen molar-refractivity contribution in [3.05, 3.63) is 133 Å². The molecule has 3 nitrogen and oxygen atoms in total. The van der Waals surface area contributed by atoms with Gasteiger partial charge in [-0.2, -0.15) is 0 Å². The highest BCUT2D eigenvalue weighted by molar-refractivity contribution is 6.11. The van der Waals surface area contributed by atoms with Crippen molar-refractivity contribution in [1.82, 2.24) is 9.55 Å². The van der Waals surface area contributed by atoms with Crippen molar-refractivity contribution in [3.8, 4) is 28.2 Å². The van der Waals surface area contributed by atoms with Crippen molar-refractivity contribution < 1.29 is 4.42 Å². The average Bonchev–Trinajstić information content (AvgIpc) is 3.54. The molecule has 0 radical (unpaired) electrons. The van der Waals surface area contributed by atoms with Gasteiger partial charge in [-0.15, -0.1) is 0 Å². The van der Waals surface area contributed by atoms with Gasteiger partial charge in [-0.05, 0) is 70.4 Å². The van der Waals surface area contributed by atoms with Crippen molar-refractivity contribution in [2.24, 2.45) is 0 Å². The lowest BCUT2D eigenvalue weighted by molar-refractivity contribution is 0.669. The molecule has 178 valence electrons.